The topological polar surface area (TPSA) is 34.1 Å². The number of hydrogen-bond acceptors (Lipinski definition) is 3. The van der Waals surface area contributed by atoms with Gasteiger partial charge >= 0.3 is 0 Å². The standard InChI is InChI=1S/C14H15FN2O/c1-18-14-6-5-11(8-13(14)15)9-16-10-12-4-2-3-7-17-12/h2-8,16H,9-10H2,1H3. The summed E-state index contributed by atoms with van der Waals surface area (Å²) >= 11 is 0. The van der Waals surface area contributed by atoms with Crippen molar-refractivity contribution < 1.29 is 9.13 Å². The summed E-state index contributed by atoms with van der Waals surface area (Å²) in [6.07, 6.45) is 1.75. The van der Waals surface area contributed by atoms with Gasteiger partial charge in [-0.15, -0.1) is 0 Å². The van der Waals surface area contributed by atoms with Gasteiger partial charge in [-0.25, -0.2) is 4.39 Å². The first-order chi connectivity index (χ1) is 8.79. The number of halogens is 1. The molecule has 4 heteroatoms. The number of pyridine rings is 1. The molecule has 1 aromatic carbocycles. The first kappa shape index (κ1) is 12.5. The molecule has 0 bridgehead atoms. The lowest BCUT2D eigenvalue weighted by Crippen LogP contribution is -2.13. The second-order valence-corrected chi connectivity index (χ2v) is 3.89. The molecular formula is C14H15FN2O. The van der Waals surface area contributed by atoms with E-state index in [0.29, 0.717) is 13.1 Å². The summed E-state index contributed by atoms with van der Waals surface area (Å²) in [5.41, 5.74) is 1.84. The van der Waals surface area contributed by atoms with E-state index < -0.39 is 0 Å². The molecule has 1 N–H and O–H groups in total. The Morgan fingerprint density at radius 2 is 2.11 bits per heavy atom. The number of ether oxygens (including phenoxy) is 1. The Labute approximate surface area is 106 Å². The van der Waals surface area contributed by atoms with Gasteiger partial charge in [0.25, 0.3) is 0 Å². The van der Waals surface area contributed by atoms with Crippen LogP contribution in [0.2, 0.25) is 0 Å². The first-order valence-corrected chi connectivity index (χ1v) is 5.72. The monoisotopic (exact) mass is 246 g/mol. The Kier molecular flexibility index (Phi) is 4.25. The van der Waals surface area contributed by atoms with Crippen molar-refractivity contribution >= 4 is 0 Å². The Morgan fingerprint density at radius 1 is 1.22 bits per heavy atom. The summed E-state index contributed by atoms with van der Waals surface area (Å²) < 4.78 is 18.3. The van der Waals surface area contributed by atoms with Crippen LogP contribution in [0.1, 0.15) is 11.3 Å². The zero-order valence-electron chi connectivity index (χ0n) is 10.2. The fraction of sp³-hybridized carbons (Fsp3) is 0.214. The van der Waals surface area contributed by atoms with E-state index in [1.54, 1.807) is 12.3 Å². The number of nitrogens with one attached hydrogen (secondary N) is 1. The summed E-state index contributed by atoms with van der Waals surface area (Å²) in [5.74, 6) is -0.0712. The third-order valence-corrected chi connectivity index (χ3v) is 2.58. The highest BCUT2D eigenvalue weighted by Crippen LogP contribution is 2.17. The molecule has 0 aliphatic heterocycles. The Balaban J connectivity index is 1.89. The summed E-state index contributed by atoms with van der Waals surface area (Å²) in [5, 5.41) is 3.21. The molecule has 2 rings (SSSR count). The molecule has 1 heterocycles. The maximum atomic E-state index is 13.4. The van der Waals surface area contributed by atoms with Crippen molar-refractivity contribution in [2.75, 3.05) is 7.11 Å². The molecule has 0 saturated heterocycles. The average molecular weight is 246 g/mol. The van der Waals surface area contributed by atoms with Gasteiger partial charge in [-0.2, -0.15) is 0 Å². The van der Waals surface area contributed by atoms with E-state index in [4.69, 9.17) is 4.74 Å². The normalized spacial score (nSPS) is 10.3. The van der Waals surface area contributed by atoms with E-state index in [1.807, 2.05) is 24.3 Å². The minimum absolute atomic E-state index is 0.267. The predicted molar refractivity (Wildman–Crippen MR) is 67.7 cm³/mol. The molecular weight excluding hydrogens is 231 g/mol. The van der Waals surface area contributed by atoms with Crippen molar-refractivity contribution in [1.29, 1.82) is 0 Å². The van der Waals surface area contributed by atoms with Crippen LogP contribution in [0.4, 0.5) is 4.39 Å². The minimum atomic E-state index is -0.338. The van der Waals surface area contributed by atoms with Crippen molar-refractivity contribution in [3.8, 4) is 5.75 Å². The number of aromatic nitrogens is 1. The third-order valence-electron chi connectivity index (χ3n) is 2.58. The maximum absolute atomic E-state index is 13.4. The van der Waals surface area contributed by atoms with Gasteiger partial charge in [-0.05, 0) is 29.8 Å². The molecule has 18 heavy (non-hydrogen) atoms. The predicted octanol–water partition coefficient (Wildman–Crippen LogP) is 2.52. The van der Waals surface area contributed by atoms with Crippen molar-refractivity contribution in [2.24, 2.45) is 0 Å². The van der Waals surface area contributed by atoms with Crippen LogP contribution in [-0.4, -0.2) is 12.1 Å². The fourth-order valence-corrected chi connectivity index (χ4v) is 1.66. The number of methoxy groups -OCH3 is 1. The van der Waals surface area contributed by atoms with Crippen LogP contribution in [-0.2, 0) is 13.1 Å². The van der Waals surface area contributed by atoms with Crippen molar-refractivity contribution in [2.45, 2.75) is 13.1 Å². The van der Waals surface area contributed by atoms with Gasteiger partial charge in [-0.3, -0.25) is 4.98 Å². The minimum Gasteiger partial charge on any atom is -0.494 e. The molecule has 0 aliphatic rings. The SMILES string of the molecule is COc1ccc(CNCc2ccccn2)cc1F. The molecule has 0 atom stereocenters. The maximum Gasteiger partial charge on any atom is 0.165 e. The number of hydrogen-bond donors (Lipinski definition) is 1. The molecule has 0 fully saturated rings. The van der Waals surface area contributed by atoms with E-state index >= 15 is 0 Å². The van der Waals surface area contributed by atoms with E-state index in [-0.39, 0.29) is 11.6 Å². The Bertz CT molecular complexity index is 502. The lowest BCUT2D eigenvalue weighted by molar-refractivity contribution is 0.386. The molecule has 1 aromatic heterocycles. The molecule has 0 saturated carbocycles. The van der Waals surface area contributed by atoms with Crippen LogP contribution in [0, 0.1) is 5.82 Å². The largest absolute Gasteiger partial charge is 0.494 e. The third kappa shape index (κ3) is 3.28. The second-order valence-electron chi connectivity index (χ2n) is 3.89. The lowest BCUT2D eigenvalue weighted by atomic mass is 10.2. The van der Waals surface area contributed by atoms with Crippen molar-refractivity contribution in [1.82, 2.24) is 10.3 Å². The highest BCUT2D eigenvalue weighted by atomic mass is 19.1. The molecule has 0 spiro atoms. The zero-order valence-corrected chi connectivity index (χ0v) is 10.2. The van der Waals surface area contributed by atoms with Gasteiger partial charge in [0.05, 0.1) is 12.8 Å². The van der Waals surface area contributed by atoms with Gasteiger partial charge in [0, 0.05) is 19.3 Å². The Hall–Kier alpha value is -1.94. The number of rotatable bonds is 5. The molecule has 94 valence electrons. The Morgan fingerprint density at radius 3 is 2.78 bits per heavy atom. The smallest absolute Gasteiger partial charge is 0.165 e. The van der Waals surface area contributed by atoms with Gasteiger partial charge in [0.15, 0.2) is 11.6 Å². The molecule has 0 unspecified atom stereocenters. The van der Waals surface area contributed by atoms with Crippen LogP contribution < -0.4 is 10.1 Å². The van der Waals surface area contributed by atoms with Crippen LogP contribution in [0.25, 0.3) is 0 Å². The summed E-state index contributed by atoms with van der Waals surface area (Å²) in [6.45, 7) is 1.26. The van der Waals surface area contributed by atoms with Crippen LogP contribution >= 0.6 is 0 Å². The number of benzene rings is 1. The summed E-state index contributed by atoms with van der Waals surface area (Å²) in [6, 6.07) is 10.7. The van der Waals surface area contributed by atoms with Crippen LogP contribution in [0.15, 0.2) is 42.6 Å². The summed E-state index contributed by atoms with van der Waals surface area (Å²) in [4.78, 5) is 4.20. The van der Waals surface area contributed by atoms with Crippen molar-refractivity contribution in [3.63, 3.8) is 0 Å². The molecule has 0 radical (unpaired) electrons. The van der Waals surface area contributed by atoms with Gasteiger partial charge in [0.2, 0.25) is 0 Å². The van der Waals surface area contributed by atoms with Crippen molar-refractivity contribution in [3.05, 3.63) is 59.7 Å². The van der Waals surface area contributed by atoms with Gasteiger partial charge < -0.3 is 10.1 Å². The first-order valence-electron chi connectivity index (χ1n) is 5.72. The summed E-state index contributed by atoms with van der Waals surface area (Å²) in [7, 11) is 1.46. The highest BCUT2D eigenvalue weighted by molar-refractivity contribution is 5.29. The second kappa shape index (κ2) is 6.12. The van der Waals surface area contributed by atoms with E-state index in [0.717, 1.165) is 11.3 Å². The molecule has 0 amide bonds. The van der Waals surface area contributed by atoms with E-state index in [1.165, 1.54) is 13.2 Å². The molecule has 0 aliphatic carbocycles. The average Bonchev–Trinajstić information content (AvgIpc) is 2.40. The highest BCUT2D eigenvalue weighted by Gasteiger charge is 2.03. The quantitative estimate of drug-likeness (QED) is 0.880. The van der Waals surface area contributed by atoms with Gasteiger partial charge in [-0.1, -0.05) is 12.1 Å². The number of nitrogens with zero attached hydrogens (tertiary/aromatic N) is 1. The van der Waals surface area contributed by atoms with E-state index in [9.17, 15) is 4.39 Å². The molecule has 3 nitrogen and oxygen atoms in total. The van der Waals surface area contributed by atoms with Gasteiger partial charge in [0.1, 0.15) is 0 Å². The molecule has 2 aromatic rings. The van der Waals surface area contributed by atoms with E-state index in [2.05, 4.69) is 10.3 Å². The van der Waals surface area contributed by atoms with Crippen LogP contribution in [0.3, 0.4) is 0 Å². The fourth-order valence-electron chi connectivity index (χ4n) is 1.66. The lowest BCUT2D eigenvalue weighted by Gasteiger charge is -2.06. The zero-order chi connectivity index (χ0) is 12.8. The van der Waals surface area contributed by atoms with Crippen LogP contribution in [0.5, 0.6) is 5.75 Å².